The first-order chi connectivity index (χ1) is 11.7. The van der Waals surface area contributed by atoms with Gasteiger partial charge in [0, 0.05) is 0 Å². The normalized spacial score (nSPS) is 13.7. The number of ether oxygens (including phenoxy) is 1. The van der Waals surface area contributed by atoms with E-state index in [1.807, 2.05) is 32.0 Å². The minimum Gasteiger partial charge on any atom is -0.493 e. The fourth-order valence-corrected chi connectivity index (χ4v) is 2.43. The number of nitrogens with one attached hydrogen (secondary N) is 1. The van der Waals surface area contributed by atoms with E-state index in [0.717, 1.165) is 5.56 Å². The zero-order valence-electron chi connectivity index (χ0n) is 15.4. The maximum Gasteiger partial charge on any atom is 0.321 e. The molecular formula is C19H29NO5. The van der Waals surface area contributed by atoms with Crippen LogP contribution in [-0.2, 0) is 16.0 Å². The first-order valence-electron chi connectivity index (χ1n) is 8.62. The molecule has 0 aliphatic carbocycles. The Bertz CT molecular complexity index is 571. The fraction of sp³-hybridized carbons (Fsp3) is 0.579. The van der Waals surface area contributed by atoms with Gasteiger partial charge in [0.15, 0.2) is 0 Å². The first-order valence-corrected chi connectivity index (χ1v) is 8.62. The average Bonchev–Trinajstić information content (AvgIpc) is 2.51. The Kier molecular flexibility index (Phi) is 8.41. The zero-order chi connectivity index (χ0) is 19.0. The SMILES string of the molecule is CC(C)COc1cccc(CC(NC(CC(C)C)C(=O)O)C(=O)O)c1. The fourth-order valence-electron chi connectivity index (χ4n) is 2.43. The lowest BCUT2D eigenvalue weighted by Crippen LogP contribution is -2.48. The van der Waals surface area contributed by atoms with E-state index in [-0.39, 0.29) is 12.3 Å². The largest absolute Gasteiger partial charge is 0.493 e. The predicted molar refractivity (Wildman–Crippen MR) is 95.9 cm³/mol. The highest BCUT2D eigenvalue weighted by molar-refractivity contribution is 5.77. The van der Waals surface area contributed by atoms with Crippen LogP contribution in [0.1, 0.15) is 39.7 Å². The summed E-state index contributed by atoms with van der Waals surface area (Å²) < 4.78 is 5.66. The van der Waals surface area contributed by atoms with Gasteiger partial charge in [-0.25, -0.2) is 0 Å². The molecule has 25 heavy (non-hydrogen) atoms. The third-order valence-corrected chi connectivity index (χ3v) is 3.63. The van der Waals surface area contributed by atoms with Crippen LogP contribution in [0, 0.1) is 11.8 Å². The summed E-state index contributed by atoms with van der Waals surface area (Å²) in [7, 11) is 0. The van der Waals surface area contributed by atoms with E-state index in [0.29, 0.717) is 24.7 Å². The van der Waals surface area contributed by atoms with Crippen LogP contribution in [0.25, 0.3) is 0 Å². The molecule has 2 unspecified atom stereocenters. The van der Waals surface area contributed by atoms with Crippen LogP contribution in [-0.4, -0.2) is 40.8 Å². The molecule has 0 heterocycles. The molecule has 0 amide bonds. The van der Waals surface area contributed by atoms with Crippen molar-refractivity contribution >= 4 is 11.9 Å². The molecule has 1 aromatic carbocycles. The molecule has 140 valence electrons. The summed E-state index contributed by atoms with van der Waals surface area (Å²) >= 11 is 0. The molecule has 0 saturated carbocycles. The number of aliphatic carboxylic acids is 2. The van der Waals surface area contributed by atoms with Crippen molar-refractivity contribution in [1.29, 1.82) is 0 Å². The van der Waals surface area contributed by atoms with Gasteiger partial charge in [-0.15, -0.1) is 0 Å². The highest BCUT2D eigenvalue weighted by atomic mass is 16.5. The van der Waals surface area contributed by atoms with Gasteiger partial charge in [-0.2, -0.15) is 0 Å². The summed E-state index contributed by atoms with van der Waals surface area (Å²) in [6.07, 6.45) is 0.562. The van der Waals surface area contributed by atoms with Crippen molar-refractivity contribution in [3.8, 4) is 5.75 Å². The van der Waals surface area contributed by atoms with Gasteiger partial charge in [-0.1, -0.05) is 39.8 Å². The number of carboxylic acids is 2. The molecule has 0 saturated heterocycles. The van der Waals surface area contributed by atoms with Crippen molar-refractivity contribution in [3.63, 3.8) is 0 Å². The quantitative estimate of drug-likeness (QED) is 0.567. The molecule has 1 aromatic rings. The minimum atomic E-state index is -1.07. The Morgan fingerprint density at radius 2 is 1.68 bits per heavy atom. The molecule has 6 heteroatoms. The molecule has 0 fully saturated rings. The van der Waals surface area contributed by atoms with Crippen molar-refractivity contribution in [2.75, 3.05) is 6.61 Å². The van der Waals surface area contributed by atoms with Gasteiger partial charge >= 0.3 is 11.9 Å². The lowest BCUT2D eigenvalue weighted by Gasteiger charge is -2.22. The van der Waals surface area contributed by atoms with Gasteiger partial charge in [0.05, 0.1) is 6.61 Å². The van der Waals surface area contributed by atoms with Gasteiger partial charge in [0.2, 0.25) is 0 Å². The van der Waals surface area contributed by atoms with E-state index >= 15 is 0 Å². The lowest BCUT2D eigenvalue weighted by molar-refractivity contribution is -0.142. The van der Waals surface area contributed by atoms with Crippen LogP contribution < -0.4 is 10.1 Å². The van der Waals surface area contributed by atoms with Gasteiger partial charge in [-0.05, 0) is 42.4 Å². The number of carboxylic acid groups (broad SMARTS) is 2. The second-order valence-electron chi connectivity index (χ2n) is 7.13. The smallest absolute Gasteiger partial charge is 0.321 e. The van der Waals surface area contributed by atoms with Crippen LogP contribution >= 0.6 is 0 Å². The number of carbonyl (C=O) groups is 2. The summed E-state index contributed by atoms with van der Waals surface area (Å²) in [5, 5.41) is 21.5. The molecular weight excluding hydrogens is 322 g/mol. The Balaban J connectivity index is 2.82. The van der Waals surface area contributed by atoms with Crippen LogP contribution in [0.2, 0.25) is 0 Å². The van der Waals surface area contributed by atoms with E-state index in [9.17, 15) is 19.8 Å². The second-order valence-corrected chi connectivity index (χ2v) is 7.13. The third-order valence-electron chi connectivity index (χ3n) is 3.63. The number of rotatable bonds is 11. The van der Waals surface area contributed by atoms with Crippen molar-refractivity contribution in [1.82, 2.24) is 5.32 Å². The summed E-state index contributed by atoms with van der Waals surface area (Å²) in [4.78, 5) is 22.9. The summed E-state index contributed by atoms with van der Waals surface area (Å²) in [6, 6.07) is 5.40. The second kappa shape index (κ2) is 10.0. The highest BCUT2D eigenvalue weighted by Gasteiger charge is 2.26. The summed E-state index contributed by atoms with van der Waals surface area (Å²) in [5.74, 6) is -0.870. The molecule has 6 nitrogen and oxygen atoms in total. The molecule has 0 radical (unpaired) electrons. The first kappa shape index (κ1) is 21.0. The Labute approximate surface area is 149 Å². The number of hydrogen-bond donors (Lipinski definition) is 3. The monoisotopic (exact) mass is 351 g/mol. The minimum absolute atomic E-state index is 0.149. The van der Waals surface area contributed by atoms with E-state index in [1.54, 1.807) is 6.07 Å². The maximum atomic E-state index is 11.6. The maximum absolute atomic E-state index is 11.6. The Morgan fingerprint density at radius 1 is 1.04 bits per heavy atom. The predicted octanol–water partition coefficient (Wildman–Crippen LogP) is 2.81. The lowest BCUT2D eigenvalue weighted by atomic mass is 10.0. The third kappa shape index (κ3) is 8.03. The van der Waals surface area contributed by atoms with Crippen LogP contribution in [0.4, 0.5) is 0 Å². The molecule has 2 atom stereocenters. The van der Waals surface area contributed by atoms with Crippen LogP contribution in [0.3, 0.4) is 0 Å². The molecule has 0 aliphatic rings. The Hall–Kier alpha value is -2.08. The van der Waals surface area contributed by atoms with Gasteiger partial charge in [0.1, 0.15) is 17.8 Å². The van der Waals surface area contributed by atoms with Crippen LogP contribution in [0.15, 0.2) is 24.3 Å². The molecule has 3 N–H and O–H groups in total. The van der Waals surface area contributed by atoms with Crippen molar-refractivity contribution < 1.29 is 24.5 Å². The molecule has 0 bridgehead atoms. The standard InChI is InChI=1S/C19H29NO5/c1-12(2)8-16(18(21)22)20-17(19(23)24)10-14-6-5-7-15(9-14)25-11-13(3)4/h5-7,9,12-13,16-17,20H,8,10-11H2,1-4H3,(H,21,22)(H,23,24). The van der Waals surface area contributed by atoms with Gasteiger partial charge in [0.25, 0.3) is 0 Å². The van der Waals surface area contributed by atoms with E-state index in [2.05, 4.69) is 19.2 Å². The summed E-state index contributed by atoms with van der Waals surface area (Å²) in [5.41, 5.74) is 0.787. The number of hydrogen-bond acceptors (Lipinski definition) is 4. The van der Waals surface area contributed by atoms with Crippen molar-refractivity contribution in [2.45, 2.75) is 52.6 Å². The zero-order valence-corrected chi connectivity index (χ0v) is 15.4. The van der Waals surface area contributed by atoms with Gasteiger partial charge in [-0.3, -0.25) is 14.9 Å². The van der Waals surface area contributed by atoms with Crippen molar-refractivity contribution in [2.24, 2.45) is 11.8 Å². The van der Waals surface area contributed by atoms with Crippen molar-refractivity contribution in [3.05, 3.63) is 29.8 Å². The number of benzene rings is 1. The summed E-state index contributed by atoms with van der Waals surface area (Å²) in [6.45, 7) is 8.50. The van der Waals surface area contributed by atoms with Gasteiger partial charge < -0.3 is 14.9 Å². The van der Waals surface area contributed by atoms with E-state index in [4.69, 9.17) is 4.74 Å². The molecule has 0 aromatic heterocycles. The van der Waals surface area contributed by atoms with E-state index in [1.165, 1.54) is 0 Å². The molecule has 0 aliphatic heterocycles. The topological polar surface area (TPSA) is 95.9 Å². The Morgan fingerprint density at radius 3 is 2.20 bits per heavy atom. The van der Waals surface area contributed by atoms with Crippen LogP contribution in [0.5, 0.6) is 5.75 Å². The molecule has 0 spiro atoms. The molecule has 1 rings (SSSR count). The van der Waals surface area contributed by atoms with E-state index < -0.39 is 24.0 Å². The highest BCUT2D eigenvalue weighted by Crippen LogP contribution is 2.16. The average molecular weight is 351 g/mol.